The maximum absolute atomic E-state index is 11.7. The normalized spacial score (nSPS) is 10.1. The van der Waals surface area contributed by atoms with Crippen molar-refractivity contribution in [3.8, 4) is 0 Å². The number of nitrogens with one attached hydrogen (secondary N) is 2. The molecule has 0 saturated carbocycles. The smallest absolute Gasteiger partial charge is 0.286 e. The summed E-state index contributed by atoms with van der Waals surface area (Å²) in [5.41, 5.74) is 0. The van der Waals surface area contributed by atoms with E-state index in [-0.39, 0.29) is 24.0 Å². The Morgan fingerprint density at radius 2 is 2.14 bits per heavy atom. The lowest BCUT2D eigenvalue weighted by atomic mass is 10.3. The van der Waals surface area contributed by atoms with E-state index in [0.29, 0.717) is 23.8 Å². The van der Waals surface area contributed by atoms with Crippen LogP contribution >= 0.6 is 11.6 Å². The Bertz CT molecular complexity index is 596. The van der Waals surface area contributed by atoms with Gasteiger partial charge in [-0.05, 0) is 30.7 Å². The second-order valence-electron chi connectivity index (χ2n) is 4.25. The molecular weight excluding hydrogens is 294 g/mol. The molecule has 0 aliphatic rings. The molecule has 110 valence electrons. The van der Waals surface area contributed by atoms with Crippen LogP contribution in [0.5, 0.6) is 0 Å². The van der Waals surface area contributed by atoms with Gasteiger partial charge in [-0.2, -0.15) is 0 Å². The summed E-state index contributed by atoms with van der Waals surface area (Å²) in [5, 5.41) is 5.82. The van der Waals surface area contributed by atoms with Crippen molar-refractivity contribution < 1.29 is 14.0 Å². The van der Waals surface area contributed by atoms with Crippen LogP contribution in [-0.2, 0) is 4.79 Å². The van der Waals surface area contributed by atoms with Crippen LogP contribution in [-0.4, -0.2) is 23.3 Å². The van der Waals surface area contributed by atoms with Crippen molar-refractivity contribution in [3.05, 3.63) is 47.5 Å². The molecular formula is C14H14ClN3O3. The Kier molecular flexibility index (Phi) is 5.34. The SMILES string of the molecule is O=C(CCCNC(=O)c1ccco1)Nc1ccc(Cl)cn1. The van der Waals surface area contributed by atoms with Crippen LogP contribution in [0.1, 0.15) is 23.4 Å². The Morgan fingerprint density at radius 3 is 2.81 bits per heavy atom. The molecule has 2 N–H and O–H groups in total. The van der Waals surface area contributed by atoms with E-state index in [1.54, 1.807) is 24.3 Å². The van der Waals surface area contributed by atoms with Crippen LogP contribution in [0.15, 0.2) is 41.1 Å². The van der Waals surface area contributed by atoms with Crippen molar-refractivity contribution in [3.63, 3.8) is 0 Å². The number of halogens is 1. The first-order valence-corrected chi connectivity index (χ1v) is 6.76. The van der Waals surface area contributed by atoms with Gasteiger partial charge >= 0.3 is 0 Å². The van der Waals surface area contributed by atoms with Gasteiger partial charge in [-0.15, -0.1) is 0 Å². The Labute approximate surface area is 126 Å². The lowest BCUT2D eigenvalue weighted by molar-refractivity contribution is -0.116. The molecule has 0 bridgehead atoms. The van der Waals surface area contributed by atoms with E-state index >= 15 is 0 Å². The second-order valence-corrected chi connectivity index (χ2v) is 4.68. The average molecular weight is 308 g/mol. The fourth-order valence-corrected chi connectivity index (χ4v) is 1.71. The van der Waals surface area contributed by atoms with Crippen molar-refractivity contribution >= 4 is 29.2 Å². The van der Waals surface area contributed by atoms with E-state index in [2.05, 4.69) is 15.6 Å². The van der Waals surface area contributed by atoms with Gasteiger partial charge in [-0.25, -0.2) is 4.98 Å². The number of hydrogen-bond acceptors (Lipinski definition) is 4. The third-order valence-corrected chi connectivity index (χ3v) is 2.83. The van der Waals surface area contributed by atoms with Gasteiger partial charge in [-0.1, -0.05) is 11.6 Å². The van der Waals surface area contributed by atoms with E-state index in [9.17, 15) is 9.59 Å². The minimum Gasteiger partial charge on any atom is -0.459 e. The lowest BCUT2D eigenvalue weighted by Crippen LogP contribution is -2.25. The number of rotatable bonds is 6. The molecule has 2 rings (SSSR count). The van der Waals surface area contributed by atoms with Crippen LogP contribution in [0, 0.1) is 0 Å². The third-order valence-electron chi connectivity index (χ3n) is 2.61. The van der Waals surface area contributed by atoms with Crippen LogP contribution in [0.25, 0.3) is 0 Å². The van der Waals surface area contributed by atoms with E-state index in [4.69, 9.17) is 16.0 Å². The zero-order valence-corrected chi connectivity index (χ0v) is 11.9. The number of amides is 2. The largest absolute Gasteiger partial charge is 0.459 e. The summed E-state index contributed by atoms with van der Waals surface area (Å²) in [4.78, 5) is 27.2. The number of nitrogens with zero attached hydrogens (tertiary/aromatic N) is 1. The predicted octanol–water partition coefficient (Wildman–Crippen LogP) is 2.48. The number of furan rings is 1. The molecule has 0 radical (unpaired) electrons. The molecule has 2 heterocycles. The summed E-state index contributed by atoms with van der Waals surface area (Å²) in [6, 6.07) is 6.49. The minimum atomic E-state index is -0.292. The molecule has 7 heteroatoms. The van der Waals surface area contributed by atoms with Gasteiger partial charge in [0.1, 0.15) is 5.82 Å². The number of pyridine rings is 1. The third kappa shape index (κ3) is 4.92. The first-order valence-electron chi connectivity index (χ1n) is 6.38. The van der Waals surface area contributed by atoms with Gasteiger partial charge < -0.3 is 15.1 Å². The predicted molar refractivity (Wildman–Crippen MR) is 78.2 cm³/mol. The lowest BCUT2D eigenvalue weighted by Gasteiger charge is -2.05. The number of carbonyl (C=O) groups excluding carboxylic acids is 2. The van der Waals surface area contributed by atoms with Crippen molar-refractivity contribution in [2.75, 3.05) is 11.9 Å². The summed E-state index contributed by atoms with van der Waals surface area (Å²) in [7, 11) is 0. The van der Waals surface area contributed by atoms with Crippen LogP contribution in [0.2, 0.25) is 5.02 Å². The van der Waals surface area contributed by atoms with Gasteiger partial charge in [0.15, 0.2) is 5.76 Å². The van der Waals surface area contributed by atoms with Crippen LogP contribution in [0.3, 0.4) is 0 Å². The molecule has 21 heavy (non-hydrogen) atoms. The summed E-state index contributed by atoms with van der Waals surface area (Å²) in [6.45, 7) is 0.390. The highest BCUT2D eigenvalue weighted by molar-refractivity contribution is 6.30. The minimum absolute atomic E-state index is 0.169. The summed E-state index contributed by atoms with van der Waals surface area (Å²) in [5.74, 6) is 0.241. The first-order chi connectivity index (χ1) is 10.1. The topological polar surface area (TPSA) is 84.2 Å². The van der Waals surface area contributed by atoms with Crippen molar-refractivity contribution in [2.24, 2.45) is 0 Å². The number of hydrogen-bond donors (Lipinski definition) is 2. The zero-order valence-electron chi connectivity index (χ0n) is 11.1. The number of anilines is 1. The molecule has 0 aliphatic carbocycles. The Morgan fingerprint density at radius 1 is 1.29 bits per heavy atom. The fourth-order valence-electron chi connectivity index (χ4n) is 1.60. The van der Waals surface area contributed by atoms with Gasteiger partial charge in [0.05, 0.1) is 11.3 Å². The molecule has 0 aliphatic heterocycles. The molecule has 6 nitrogen and oxygen atoms in total. The fraction of sp³-hybridized carbons (Fsp3) is 0.214. The summed E-state index contributed by atoms with van der Waals surface area (Å²) in [6.07, 6.45) is 3.69. The monoisotopic (exact) mass is 307 g/mol. The van der Waals surface area contributed by atoms with Gasteiger partial charge in [0.2, 0.25) is 5.91 Å². The maximum Gasteiger partial charge on any atom is 0.286 e. The molecule has 2 aromatic rings. The molecule has 0 fully saturated rings. The Balaban J connectivity index is 1.65. The molecule has 0 spiro atoms. The molecule has 2 aromatic heterocycles. The van der Waals surface area contributed by atoms with Crippen molar-refractivity contribution in [2.45, 2.75) is 12.8 Å². The molecule has 0 saturated heterocycles. The highest BCUT2D eigenvalue weighted by Crippen LogP contribution is 2.09. The summed E-state index contributed by atoms with van der Waals surface area (Å²) >= 11 is 5.70. The van der Waals surface area contributed by atoms with E-state index < -0.39 is 0 Å². The van der Waals surface area contributed by atoms with Crippen molar-refractivity contribution in [1.29, 1.82) is 0 Å². The van der Waals surface area contributed by atoms with Gasteiger partial charge in [0, 0.05) is 19.2 Å². The maximum atomic E-state index is 11.7. The number of carbonyl (C=O) groups is 2. The van der Waals surface area contributed by atoms with E-state index in [1.165, 1.54) is 12.5 Å². The van der Waals surface area contributed by atoms with Crippen LogP contribution in [0.4, 0.5) is 5.82 Å². The molecule has 0 aromatic carbocycles. The second kappa shape index (κ2) is 7.44. The molecule has 0 atom stereocenters. The van der Waals surface area contributed by atoms with E-state index in [0.717, 1.165) is 0 Å². The standard InChI is InChI=1S/C14H14ClN3O3/c15-10-5-6-12(17-9-10)18-13(19)4-1-7-16-14(20)11-3-2-8-21-11/h2-3,5-6,8-9H,1,4,7H2,(H,16,20)(H,17,18,19). The van der Waals surface area contributed by atoms with E-state index in [1.807, 2.05) is 0 Å². The first kappa shape index (κ1) is 15.1. The highest BCUT2D eigenvalue weighted by Gasteiger charge is 2.08. The molecule has 2 amide bonds. The van der Waals surface area contributed by atoms with Gasteiger partial charge in [-0.3, -0.25) is 9.59 Å². The quantitative estimate of drug-likeness (QED) is 0.803. The van der Waals surface area contributed by atoms with Gasteiger partial charge in [0.25, 0.3) is 5.91 Å². The van der Waals surface area contributed by atoms with Crippen LogP contribution < -0.4 is 10.6 Å². The number of aromatic nitrogens is 1. The highest BCUT2D eigenvalue weighted by atomic mass is 35.5. The summed E-state index contributed by atoms with van der Waals surface area (Å²) < 4.78 is 4.95. The zero-order chi connectivity index (χ0) is 15.1. The van der Waals surface area contributed by atoms with Crippen molar-refractivity contribution in [1.82, 2.24) is 10.3 Å². The Hall–Kier alpha value is -2.34. The average Bonchev–Trinajstić information content (AvgIpc) is 3.00. The molecule has 0 unspecified atom stereocenters.